The molecule has 0 aromatic carbocycles. The molecular weight excluding hydrogens is 411 g/mol. The molecule has 13 heteroatoms. The fourth-order valence-electron chi connectivity index (χ4n) is 1.49. The predicted octanol–water partition coefficient (Wildman–Crippen LogP) is 0.959. The van der Waals surface area contributed by atoms with Gasteiger partial charge >= 0.3 is 0 Å². The van der Waals surface area contributed by atoms with Crippen molar-refractivity contribution in [1.29, 1.82) is 0 Å². The van der Waals surface area contributed by atoms with Crippen LogP contribution in [0.3, 0.4) is 0 Å². The van der Waals surface area contributed by atoms with Crippen LogP contribution < -0.4 is 9.46 Å². The average molecular weight is 433 g/mol. The third-order valence-corrected chi connectivity index (χ3v) is 2.69. The average Bonchev–Trinajstić information content (AvgIpc) is 2.50. The van der Waals surface area contributed by atoms with Crippen LogP contribution in [0.25, 0.3) is 0 Å². The summed E-state index contributed by atoms with van der Waals surface area (Å²) in [4.78, 5) is 16.7. The molecule has 0 spiro atoms. The first-order valence-corrected chi connectivity index (χ1v) is 6.91. The minimum Gasteiger partial charge on any atom is -0.328 e. The predicted molar refractivity (Wildman–Crippen MR) is 84.2 cm³/mol. The Kier molecular flexibility index (Phi) is 16.0. The van der Waals surface area contributed by atoms with Crippen LogP contribution in [0.15, 0.2) is 36.4 Å². The van der Waals surface area contributed by atoms with Crippen LogP contribution in [0.2, 0.25) is 0 Å². The summed E-state index contributed by atoms with van der Waals surface area (Å²) in [6, 6.07) is 11.2. The summed E-state index contributed by atoms with van der Waals surface area (Å²) in [7, 11) is 0. The van der Waals surface area contributed by atoms with Crippen molar-refractivity contribution < 1.29 is 57.0 Å². The molecule has 0 atom stereocenters. The van der Waals surface area contributed by atoms with E-state index in [0.29, 0.717) is 0 Å². The first-order chi connectivity index (χ1) is 11.9. The van der Waals surface area contributed by atoms with E-state index in [1.165, 1.54) is 9.46 Å². The number of hydrogen-bond acceptors (Lipinski definition) is 6. The van der Waals surface area contributed by atoms with Crippen molar-refractivity contribution in [2.75, 3.05) is 0 Å². The summed E-state index contributed by atoms with van der Waals surface area (Å²) in [6.07, 6.45) is 0. The summed E-state index contributed by atoms with van der Waals surface area (Å²) < 4.78 is 2.33. The molecule has 12 nitrogen and oxygen atoms in total. The Morgan fingerprint density at radius 2 is 0.852 bits per heavy atom. The number of aromatic nitrogens is 2. The molecule has 2 rings (SSSR count). The van der Waals surface area contributed by atoms with Crippen LogP contribution in [0.4, 0.5) is 0 Å². The van der Waals surface area contributed by atoms with Crippen LogP contribution in [0.1, 0.15) is 22.8 Å². The van der Waals surface area contributed by atoms with Crippen molar-refractivity contribution in [1.82, 2.24) is 0 Å². The second-order valence-electron chi connectivity index (χ2n) is 4.72. The zero-order valence-corrected chi connectivity index (χ0v) is 16.0. The third-order valence-electron chi connectivity index (χ3n) is 2.69. The normalized spacial score (nSPS) is 8.15. The Labute approximate surface area is 164 Å². The maximum absolute atomic E-state index is 9.12. The topological polar surface area (TPSA) is 175 Å². The van der Waals surface area contributed by atoms with Gasteiger partial charge in [-0.3, -0.25) is 10.4 Å². The molecule has 0 fully saturated rings. The quantitative estimate of drug-likeness (QED) is 0.156. The zero-order chi connectivity index (χ0) is 20.9. The molecule has 2 aromatic rings. The van der Waals surface area contributed by atoms with Crippen LogP contribution in [0.5, 0.6) is 0 Å². The van der Waals surface area contributed by atoms with Gasteiger partial charge in [0.05, 0.1) is 0 Å². The van der Waals surface area contributed by atoms with E-state index in [-0.39, 0.29) is 16.5 Å². The molecule has 4 N–H and O–H groups in total. The van der Waals surface area contributed by atoms with Gasteiger partial charge in [0.2, 0.25) is 22.8 Å². The first kappa shape index (κ1) is 28.6. The smallest absolute Gasteiger partial charge is 0.291 e. The van der Waals surface area contributed by atoms with Crippen molar-refractivity contribution in [3.8, 4) is 0 Å². The number of nitrogens with zero attached hydrogens (tertiary/aromatic N) is 4. The van der Waals surface area contributed by atoms with Crippen LogP contribution >= 0.6 is 0 Å². The summed E-state index contributed by atoms with van der Waals surface area (Å²) in [5.74, 6) is 0. The van der Waals surface area contributed by atoms with Gasteiger partial charge in [0, 0.05) is 77.9 Å². The molecule has 0 aliphatic carbocycles. The molecular formula is C14H22N4NiO8+2. The Morgan fingerprint density at radius 1 is 0.704 bits per heavy atom. The standard InChI is InChI=1S/2C7H10NO.2HNO3.Ni/c2*1-6-4-3-5-7(2)8(6)9;2*2-1(3)4;/h2*3-5,9H,1-2H3;2*(H,2,3,4);/q2*+1;;;. The summed E-state index contributed by atoms with van der Waals surface area (Å²) in [5, 5.41) is 45.5. The minimum absolute atomic E-state index is 0. The molecule has 27 heavy (non-hydrogen) atoms. The van der Waals surface area contributed by atoms with Gasteiger partial charge in [-0.1, -0.05) is 0 Å². The Balaban J connectivity index is -0.000000303. The zero-order valence-electron chi connectivity index (χ0n) is 15.0. The van der Waals surface area contributed by atoms with Crippen LogP contribution in [-0.2, 0) is 16.5 Å². The minimum atomic E-state index is -1.50. The number of hydrogen-bond donors (Lipinski definition) is 4. The third kappa shape index (κ3) is 16.0. The molecule has 0 bridgehead atoms. The molecule has 0 saturated carbocycles. The molecule has 0 saturated heterocycles. The van der Waals surface area contributed by atoms with E-state index in [1.54, 1.807) is 0 Å². The Morgan fingerprint density at radius 3 is 0.963 bits per heavy atom. The molecule has 154 valence electrons. The van der Waals surface area contributed by atoms with E-state index in [1.807, 2.05) is 64.1 Å². The SMILES string of the molecule is Cc1cccc(C)[n+]1O.Cc1cccc(C)[n+]1O.O=[N+]([O-])O.O=[N+]([O-])O.[Ni]. The van der Waals surface area contributed by atoms with Gasteiger partial charge in [0.1, 0.15) is 0 Å². The van der Waals surface area contributed by atoms with Crippen LogP contribution in [-0.4, -0.2) is 31.0 Å². The molecule has 0 radical (unpaired) electrons. The molecule has 0 aliphatic heterocycles. The molecule has 2 heterocycles. The molecule has 0 amide bonds. The van der Waals surface area contributed by atoms with Crippen molar-refractivity contribution >= 4 is 0 Å². The fraction of sp³-hybridized carbons (Fsp3) is 0.286. The van der Waals surface area contributed by atoms with E-state index < -0.39 is 10.2 Å². The van der Waals surface area contributed by atoms with E-state index in [0.717, 1.165) is 22.8 Å². The van der Waals surface area contributed by atoms with Crippen molar-refractivity contribution in [3.05, 3.63) is 79.4 Å². The summed E-state index contributed by atoms with van der Waals surface area (Å²) >= 11 is 0. The summed E-state index contributed by atoms with van der Waals surface area (Å²) in [6.45, 7) is 7.42. The Hall–Kier alpha value is -3.21. The van der Waals surface area contributed by atoms with Crippen molar-refractivity contribution in [2.24, 2.45) is 0 Å². The summed E-state index contributed by atoms with van der Waals surface area (Å²) in [5.41, 5.74) is 3.43. The molecule has 0 aliphatic rings. The van der Waals surface area contributed by atoms with Crippen molar-refractivity contribution in [3.63, 3.8) is 0 Å². The number of aryl methyl sites for hydroxylation is 4. The van der Waals surface area contributed by atoms with E-state index in [4.69, 9.17) is 41.1 Å². The van der Waals surface area contributed by atoms with Gasteiger partial charge in [0.25, 0.3) is 10.2 Å². The monoisotopic (exact) mass is 432 g/mol. The van der Waals surface area contributed by atoms with Crippen molar-refractivity contribution in [2.45, 2.75) is 27.7 Å². The van der Waals surface area contributed by atoms with Gasteiger partial charge in [-0.15, -0.1) is 20.2 Å². The van der Waals surface area contributed by atoms with Gasteiger partial charge in [-0.05, 0) is 12.1 Å². The van der Waals surface area contributed by atoms with Crippen LogP contribution in [0, 0.1) is 47.9 Å². The second kappa shape index (κ2) is 15.1. The van der Waals surface area contributed by atoms with Gasteiger partial charge in [-0.25, -0.2) is 0 Å². The molecule has 2 aromatic heterocycles. The number of pyridine rings is 2. The van der Waals surface area contributed by atoms with E-state index in [9.17, 15) is 0 Å². The van der Waals surface area contributed by atoms with E-state index >= 15 is 0 Å². The van der Waals surface area contributed by atoms with Gasteiger partial charge < -0.3 is 10.4 Å². The van der Waals surface area contributed by atoms with Gasteiger partial charge in [0.15, 0.2) is 0 Å². The second-order valence-corrected chi connectivity index (χ2v) is 4.72. The maximum Gasteiger partial charge on any atom is 0.291 e. The fourth-order valence-corrected chi connectivity index (χ4v) is 1.49. The Bertz CT molecular complexity index is 620. The largest absolute Gasteiger partial charge is 0.328 e. The number of rotatable bonds is 0. The van der Waals surface area contributed by atoms with Gasteiger partial charge in [-0.2, -0.15) is 0 Å². The van der Waals surface area contributed by atoms with E-state index in [2.05, 4.69) is 0 Å². The first-order valence-electron chi connectivity index (χ1n) is 6.91. The maximum atomic E-state index is 9.12. The molecule has 0 unspecified atom stereocenters.